The number of guanidine groups is 1. The number of aliphatic imine (C=N–C) groups is 1. The molecule has 0 spiro atoms. The van der Waals surface area contributed by atoms with Crippen LogP contribution in [0.2, 0.25) is 0 Å². The molecule has 20 heavy (non-hydrogen) atoms. The lowest BCUT2D eigenvalue weighted by Gasteiger charge is -2.37. The summed E-state index contributed by atoms with van der Waals surface area (Å²) in [6, 6.07) is 0. The van der Waals surface area contributed by atoms with E-state index in [9.17, 15) is 8.42 Å². The molecule has 0 aromatic rings. The van der Waals surface area contributed by atoms with E-state index >= 15 is 0 Å². The predicted octanol–water partition coefficient (Wildman–Crippen LogP) is -0.697. The summed E-state index contributed by atoms with van der Waals surface area (Å²) in [6.45, 7) is 7.59. The van der Waals surface area contributed by atoms with Crippen molar-refractivity contribution in [3.05, 3.63) is 0 Å². The molecule has 0 amide bonds. The normalized spacial score (nSPS) is 26.6. The predicted molar refractivity (Wildman–Crippen MR) is 78.0 cm³/mol. The number of hydrogen-bond donors (Lipinski definition) is 1. The molecule has 2 aliphatic heterocycles. The van der Waals surface area contributed by atoms with E-state index in [0.717, 1.165) is 13.1 Å². The standard InChI is InChI=1S/C12H24N4O3S/c1-3-20(17,18)16-8-11(9-16)6-14-12(13)15-4-5-19-10(2)7-15/h10-11H,3-9H2,1-2H3,(H2,13,14). The van der Waals surface area contributed by atoms with Crippen molar-refractivity contribution in [3.8, 4) is 0 Å². The lowest BCUT2D eigenvalue weighted by molar-refractivity contribution is 0.00523. The fourth-order valence-electron chi connectivity index (χ4n) is 2.40. The maximum Gasteiger partial charge on any atom is 0.213 e. The van der Waals surface area contributed by atoms with Gasteiger partial charge >= 0.3 is 0 Å². The number of ether oxygens (including phenoxy) is 1. The van der Waals surface area contributed by atoms with Crippen LogP contribution in [0.1, 0.15) is 13.8 Å². The first-order valence-electron chi connectivity index (χ1n) is 7.06. The van der Waals surface area contributed by atoms with Crippen LogP contribution in [0.25, 0.3) is 0 Å². The van der Waals surface area contributed by atoms with Gasteiger partial charge in [0.1, 0.15) is 0 Å². The van der Waals surface area contributed by atoms with E-state index in [-0.39, 0.29) is 17.8 Å². The Labute approximate surface area is 120 Å². The third-order valence-corrected chi connectivity index (χ3v) is 5.57. The van der Waals surface area contributed by atoms with E-state index in [1.807, 2.05) is 11.8 Å². The smallest absolute Gasteiger partial charge is 0.213 e. The minimum Gasteiger partial charge on any atom is -0.375 e. The molecule has 1 atom stereocenters. The van der Waals surface area contributed by atoms with Gasteiger partial charge in [0.25, 0.3) is 0 Å². The zero-order chi connectivity index (χ0) is 14.8. The van der Waals surface area contributed by atoms with Gasteiger partial charge in [-0.25, -0.2) is 12.7 Å². The van der Waals surface area contributed by atoms with Gasteiger partial charge in [-0.2, -0.15) is 0 Å². The van der Waals surface area contributed by atoms with Gasteiger partial charge in [0.15, 0.2) is 5.96 Å². The number of morpholine rings is 1. The molecule has 2 saturated heterocycles. The second-order valence-electron chi connectivity index (χ2n) is 5.41. The van der Waals surface area contributed by atoms with E-state index in [1.54, 1.807) is 6.92 Å². The summed E-state index contributed by atoms with van der Waals surface area (Å²) in [7, 11) is -3.03. The SMILES string of the molecule is CCS(=O)(=O)N1CC(CN=C(N)N2CCOC(C)C2)C1. The maximum absolute atomic E-state index is 11.6. The highest BCUT2D eigenvalue weighted by Crippen LogP contribution is 2.20. The van der Waals surface area contributed by atoms with Gasteiger partial charge in [0, 0.05) is 38.6 Å². The van der Waals surface area contributed by atoms with Crippen molar-refractivity contribution in [1.29, 1.82) is 0 Å². The lowest BCUT2D eigenvalue weighted by atomic mass is 10.0. The van der Waals surface area contributed by atoms with Crippen LogP contribution in [-0.2, 0) is 14.8 Å². The number of nitrogens with zero attached hydrogens (tertiary/aromatic N) is 3. The van der Waals surface area contributed by atoms with Crippen molar-refractivity contribution in [2.45, 2.75) is 20.0 Å². The Morgan fingerprint density at radius 2 is 2.10 bits per heavy atom. The summed E-state index contributed by atoms with van der Waals surface area (Å²) >= 11 is 0. The molecule has 0 bridgehead atoms. The fourth-order valence-corrected chi connectivity index (χ4v) is 3.64. The second-order valence-corrected chi connectivity index (χ2v) is 7.67. The number of sulfonamides is 1. The first-order chi connectivity index (χ1) is 9.42. The number of hydrogen-bond acceptors (Lipinski definition) is 4. The molecular weight excluding hydrogens is 280 g/mol. The van der Waals surface area contributed by atoms with Gasteiger partial charge in [-0.05, 0) is 13.8 Å². The summed E-state index contributed by atoms with van der Waals surface area (Å²) in [5.74, 6) is 0.988. The van der Waals surface area contributed by atoms with Crippen molar-refractivity contribution >= 4 is 16.0 Å². The van der Waals surface area contributed by atoms with E-state index in [4.69, 9.17) is 10.5 Å². The van der Waals surface area contributed by atoms with E-state index in [0.29, 0.717) is 32.2 Å². The second kappa shape index (κ2) is 6.28. The van der Waals surface area contributed by atoms with Gasteiger partial charge in [-0.3, -0.25) is 4.99 Å². The highest BCUT2D eigenvalue weighted by Gasteiger charge is 2.34. The topological polar surface area (TPSA) is 88.2 Å². The summed E-state index contributed by atoms with van der Waals surface area (Å²) in [6.07, 6.45) is 0.173. The fraction of sp³-hybridized carbons (Fsp3) is 0.917. The Kier molecular flexibility index (Phi) is 4.87. The minimum atomic E-state index is -3.03. The van der Waals surface area contributed by atoms with E-state index in [1.165, 1.54) is 4.31 Å². The molecule has 2 rings (SSSR count). The van der Waals surface area contributed by atoms with Crippen molar-refractivity contribution in [2.24, 2.45) is 16.6 Å². The highest BCUT2D eigenvalue weighted by atomic mass is 32.2. The van der Waals surface area contributed by atoms with Gasteiger partial charge in [0.2, 0.25) is 10.0 Å². The average molecular weight is 304 g/mol. The molecule has 0 aromatic carbocycles. The third kappa shape index (κ3) is 3.62. The van der Waals surface area contributed by atoms with Gasteiger partial charge in [0.05, 0.1) is 18.5 Å². The zero-order valence-corrected chi connectivity index (χ0v) is 13.0. The number of nitrogens with two attached hydrogens (primary N) is 1. The molecular formula is C12H24N4O3S. The maximum atomic E-state index is 11.6. The molecule has 2 N–H and O–H groups in total. The van der Waals surface area contributed by atoms with Crippen molar-refractivity contribution in [1.82, 2.24) is 9.21 Å². The summed E-state index contributed by atoms with van der Waals surface area (Å²) in [5.41, 5.74) is 5.97. The Morgan fingerprint density at radius 1 is 1.40 bits per heavy atom. The van der Waals surface area contributed by atoms with Crippen LogP contribution in [0.4, 0.5) is 0 Å². The molecule has 0 saturated carbocycles. The molecule has 0 radical (unpaired) electrons. The molecule has 0 aromatic heterocycles. The van der Waals surface area contributed by atoms with Crippen LogP contribution in [0.3, 0.4) is 0 Å². The quantitative estimate of drug-likeness (QED) is 0.548. The molecule has 2 fully saturated rings. The van der Waals surface area contributed by atoms with E-state index in [2.05, 4.69) is 4.99 Å². The van der Waals surface area contributed by atoms with Gasteiger partial charge in [-0.1, -0.05) is 0 Å². The molecule has 7 nitrogen and oxygen atoms in total. The number of rotatable bonds is 4. The van der Waals surface area contributed by atoms with Crippen LogP contribution in [0.15, 0.2) is 4.99 Å². The molecule has 8 heteroatoms. The summed E-state index contributed by atoms with van der Waals surface area (Å²) < 4.78 is 30.2. The molecule has 2 aliphatic rings. The van der Waals surface area contributed by atoms with Crippen molar-refractivity contribution in [2.75, 3.05) is 45.1 Å². The first-order valence-corrected chi connectivity index (χ1v) is 8.67. The minimum absolute atomic E-state index is 0.163. The van der Waals surface area contributed by atoms with Crippen LogP contribution >= 0.6 is 0 Å². The first kappa shape index (κ1) is 15.5. The molecule has 116 valence electrons. The zero-order valence-electron chi connectivity index (χ0n) is 12.2. The largest absolute Gasteiger partial charge is 0.375 e. The van der Waals surface area contributed by atoms with E-state index < -0.39 is 10.0 Å². The summed E-state index contributed by atoms with van der Waals surface area (Å²) in [4.78, 5) is 6.41. The van der Waals surface area contributed by atoms with Crippen LogP contribution < -0.4 is 5.73 Å². The Hall–Kier alpha value is -0.860. The molecule has 1 unspecified atom stereocenters. The lowest BCUT2D eigenvalue weighted by Crippen LogP contribution is -2.52. The average Bonchev–Trinajstić information content (AvgIpc) is 2.36. The van der Waals surface area contributed by atoms with Crippen LogP contribution in [-0.4, -0.2) is 74.8 Å². The summed E-state index contributed by atoms with van der Waals surface area (Å²) in [5, 5.41) is 0. The highest BCUT2D eigenvalue weighted by molar-refractivity contribution is 7.89. The van der Waals surface area contributed by atoms with Gasteiger partial charge < -0.3 is 15.4 Å². The monoisotopic (exact) mass is 304 g/mol. The van der Waals surface area contributed by atoms with Crippen molar-refractivity contribution in [3.63, 3.8) is 0 Å². The van der Waals surface area contributed by atoms with Crippen LogP contribution in [0.5, 0.6) is 0 Å². The van der Waals surface area contributed by atoms with Crippen LogP contribution in [0, 0.1) is 5.92 Å². The van der Waals surface area contributed by atoms with Crippen molar-refractivity contribution < 1.29 is 13.2 Å². The third-order valence-electron chi connectivity index (χ3n) is 3.76. The van der Waals surface area contributed by atoms with Gasteiger partial charge in [-0.15, -0.1) is 0 Å². The Bertz CT molecular complexity index is 459. The molecule has 2 heterocycles. The Morgan fingerprint density at radius 3 is 2.70 bits per heavy atom. The molecule has 0 aliphatic carbocycles. The Balaban J connectivity index is 1.77.